The van der Waals surface area contributed by atoms with Crippen molar-refractivity contribution in [2.45, 2.75) is 46.3 Å². The molecule has 2 aromatic rings. The van der Waals surface area contributed by atoms with Gasteiger partial charge in [-0.3, -0.25) is 10.1 Å². The summed E-state index contributed by atoms with van der Waals surface area (Å²) in [6, 6.07) is 4.97. The van der Waals surface area contributed by atoms with Gasteiger partial charge in [-0.05, 0) is 39.8 Å². The van der Waals surface area contributed by atoms with Gasteiger partial charge in [0.05, 0.1) is 6.04 Å². The number of aromatic nitrogens is 4. The molecule has 0 aliphatic heterocycles. The van der Waals surface area contributed by atoms with Gasteiger partial charge in [0, 0.05) is 6.92 Å². The third kappa shape index (κ3) is 5.54. The number of carbonyl (C=O) groups is 2. The molecule has 140 valence electrons. The quantitative estimate of drug-likeness (QED) is 0.816. The Morgan fingerprint density at radius 1 is 1.31 bits per heavy atom. The van der Waals surface area contributed by atoms with Crippen LogP contribution < -0.4 is 5.32 Å². The van der Waals surface area contributed by atoms with Crippen molar-refractivity contribution >= 4 is 17.9 Å². The Morgan fingerprint density at radius 2 is 2.04 bits per heavy atom. The minimum Gasteiger partial charge on any atom is -0.464 e. The number of nitrogens with zero attached hydrogens (tertiary/aromatic N) is 4. The normalized spacial score (nSPS) is 12.3. The molecule has 0 saturated heterocycles. The minimum atomic E-state index is -0.603. The highest BCUT2D eigenvalue weighted by Gasteiger charge is 2.18. The molecule has 9 heteroatoms. The second-order valence-electron chi connectivity index (χ2n) is 6.75. The van der Waals surface area contributed by atoms with Gasteiger partial charge in [0.15, 0.2) is 5.82 Å². The number of esters is 1. The highest BCUT2D eigenvalue weighted by molar-refractivity contribution is 5.83. The topological polar surface area (TPSA) is 108 Å². The largest absolute Gasteiger partial charge is 0.464 e. The molecule has 2 aromatic heterocycles. The van der Waals surface area contributed by atoms with E-state index >= 15 is 0 Å². The molecule has 0 radical (unpaired) electrons. The first-order valence-corrected chi connectivity index (χ1v) is 8.16. The van der Waals surface area contributed by atoms with Crippen LogP contribution in [0.3, 0.4) is 0 Å². The predicted octanol–water partition coefficient (Wildman–Crippen LogP) is 2.81. The molecule has 2 rings (SSSR count). The van der Waals surface area contributed by atoms with Gasteiger partial charge < -0.3 is 14.0 Å². The number of amides is 1. The summed E-state index contributed by atoms with van der Waals surface area (Å²) in [4.78, 5) is 27.3. The van der Waals surface area contributed by atoms with E-state index in [1.807, 2.05) is 6.92 Å². The lowest BCUT2D eigenvalue weighted by atomic mass is 10.2. The maximum Gasteiger partial charge on any atom is 0.413 e. The average molecular weight is 361 g/mol. The fraction of sp³-hybridized carbons (Fsp3) is 0.471. The van der Waals surface area contributed by atoms with Crippen molar-refractivity contribution in [3.63, 3.8) is 0 Å². The zero-order chi connectivity index (χ0) is 19.3. The monoisotopic (exact) mass is 361 g/mol. The molecule has 26 heavy (non-hydrogen) atoms. The number of nitrogens with one attached hydrogen (secondary N) is 1. The number of hydrogen-bond donors (Lipinski definition) is 1. The van der Waals surface area contributed by atoms with E-state index in [0.29, 0.717) is 17.3 Å². The van der Waals surface area contributed by atoms with E-state index in [-0.39, 0.29) is 18.6 Å². The van der Waals surface area contributed by atoms with E-state index in [1.165, 1.54) is 6.92 Å². The first kappa shape index (κ1) is 19.4. The van der Waals surface area contributed by atoms with E-state index < -0.39 is 11.7 Å². The highest BCUT2D eigenvalue weighted by Crippen LogP contribution is 2.20. The fourth-order valence-corrected chi connectivity index (χ4v) is 2.10. The molecule has 1 atom stereocenters. The Labute approximate surface area is 151 Å². The molecule has 0 aromatic carbocycles. The summed E-state index contributed by atoms with van der Waals surface area (Å²) >= 11 is 0. The summed E-state index contributed by atoms with van der Waals surface area (Å²) in [6.45, 7) is 8.76. The number of rotatable bonds is 5. The standard InChI is InChI=1S/C17H23N5O4/c1-11(9-25-12(2)23)22-10-18-21-15(22)13-7-6-8-14(19-13)20-16(24)26-17(3,4)5/h6-8,10-11H,9H2,1-5H3,(H,19,20,24)/t11-/m1/s1. The van der Waals surface area contributed by atoms with Gasteiger partial charge in [-0.2, -0.15) is 0 Å². The Morgan fingerprint density at radius 3 is 2.69 bits per heavy atom. The van der Waals surface area contributed by atoms with Crippen molar-refractivity contribution in [1.29, 1.82) is 0 Å². The minimum absolute atomic E-state index is 0.173. The van der Waals surface area contributed by atoms with Gasteiger partial charge in [-0.25, -0.2) is 9.78 Å². The van der Waals surface area contributed by atoms with E-state index in [0.717, 1.165) is 0 Å². The summed E-state index contributed by atoms with van der Waals surface area (Å²) in [5, 5.41) is 10.6. The van der Waals surface area contributed by atoms with Crippen LogP contribution in [-0.4, -0.2) is 44.0 Å². The molecule has 0 fully saturated rings. The van der Waals surface area contributed by atoms with Crippen molar-refractivity contribution in [3.05, 3.63) is 24.5 Å². The second-order valence-corrected chi connectivity index (χ2v) is 6.75. The van der Waals surface area contributed by atoms with Crippen LogP contribution >= 0.6 is 0 Å². The SMILES string of the molecule is CC(=O)OC[C@@H](C)n1cnnc1-c1cccc(NC(=O)OC(C)(C)C)n1. The smallest absolute Gasteiger partial charge is 0.413 e. The maximum absolute atomic E-state index is 11.9. The first-order chi connectivity index (χ1) is 12.2. The fourth-order valence-electron chi connectivity index (χ4n) is 2.10. The summed E-state index contributed by atoms with van der Waals surface area (Å²) in [5.41, 5.74) is -0.0840. The third-order valence-electron chi connectivity index (χ3n) is 3.18. The summed E-state index contributed by atoms with van der Waals surface area (Å²) < 4.78 is 12.0. The van der Waals surface area contributed by atoms with Crippen molar-refractivity contribution in [2.24, 2.45) is 0 Å². The summed E-state index contributed by atoms with van der Waals surface area (Å²) in [7, 11) is 0. The molecule has 0 aliphatic rings. The Balaban J connectivity index is 2.17. The summed E-state index contributed by atoms with van der Waals surface area (Å²) in [5.74, 6) is 0.476. The molecule has 1 N–H and O–H groups in total. The van der Waals surface area contributed by atoms with Crippen molar-refractivity contribution in [3.8, 4) is 11.5 Å². The zero-order valence-electron chi connectivity index (χ0n) is 15.5. The number of pyridine rings is 1. The summed E-state index contributed by atoms with van der Waals surface area (Å²) in [6.07, 6.45) is 0.950. The highest BCUT2D eigenvalue weighted by atomic mass is 16.6. The Hall–Kier alpha value is -2.97. The number of carbonyl (C=O) groups excluding carboxylic acids is 2. The molecular formula is C17H23N5O4. The van der Waals surface area contributed by atoms with Crippen LogP contribution in [-0.2, 0) is 14.3 Å². The van der Waals surface area contributed by atoms with Gasteiger partial charge in [-0.15, -0.1) is 10.2 Å². The molecule has 0 unspecified atom stereocenters. The molecule has 0 saturated carbocycles. The van der Waals surface area contributed by atoms with E-state index in [4.69, 9.17) is 9.47 Å². The number of anilines is 1. The van der Waals surface area contributed by atoms with Gasteiger partial charge in [0.2, 0.25) is 0 Å². The van der Waals surface area contributed by atoms with Crippen LogP contribution in [0.25, 0.3) is 11.5 Å². The maximum atomic E-state index is 11.9. The van der Waals surface area contributed by atoms with Crippen molar-refractivity contribution in [1.82, 2.24) is 19.7 Å². The van der Waals surface area contributed by atoms with Crippen molar-refractivity contribution < 1.29 is 19.1 Å². The molecule has 0 aliphatic carbocycles. The molecule has 9 nitrogen and oxygen atoms in total. The average Bonchev–Trinajstić information content (AvgIpc) is 3.00. The van der Waals surface area contributed by atoms with Crippen LogP contribution in [0.15, 0.2) is 24.5 Å². The van der Waals surface area contributed by atoms with E-state index in [1.54, 1.807) is 49.9 Å². The van der Waals surface area contributed by atoms with Crippen LogP contribution in [0, 0.1) is 0 Å². The molecule has 0 spiro atoms. The van der Waals surface area contributed by atoms with Crippen molar-refractivity contribution in [2.75, 3.05) is 11.9 Å². The molecular weight excluding hydrogens is 338 g/mol. The Bertz CT molecular complexity index is 781. The molecule has 0 bridgehead atoms. The Kier molecular flexibility index (Phi) is 5.91. The van der Waals surface area contributed by atoms with Crippen LogP contribution in [0.4, 0.5) is 10.6 Å². The van der Waals surface area contributed by atoms with Crippen LogP contribution in [0.2, 0.25) is 0 Å². The van der Waals surface area contributed by atoms with E-state index in [9.17, 15) is 9.59 Å². The second kappa shape index (κ2) is 7.94. The lowest BCUT2D eigenvalue weighted by Gasteiger charge is -2.19. The first-order valence-electron chi connectivity index (χ1n) is 8.16. The van der Waals surface area contributed by atoms with Crippen LogP contribution in [0.5, 0.6) is 0 Å². The van der Waals surface area contributed by atoms with Crippen LogP contribution in [0.1, 0.15) is 40.7 Å². The lowest BCUT2D eigenvalue weighted by molar-refractivity contribution is -0.141. The number of ether oxygens (including phenoxy) is 2. The number of hydrogen-bond acceptors (Lipinski definition) is 7. The van der Waals surface area contributed by atoms with Gasteiger partial charge >= 0.3 is 12.1 Å². The zero-order valence-corrected chi connectivity index (χ0v) is 15.5. The van der Waals surface area contributed by atoms with Gasteiger partial charge in [-0.1, -0.05) is 6.07 Å². The van der Waals surface area contributed by atoms with Gasteiger partial charge in [0.1, 0.15) is 30.0 Å². The predicted molar refractivity (Wildman–Crippen MR) is 94.5 cm³/mol. The van der Waals surface area contributed by atoms with Gasteiger partial charge in [0.25, 0.3) is 0 Å². The third-order valence-corrected chi connectivity index (χ3v) is 3.18. The van der Waals surface area contributed by atoms with E-state index in [2.05, 4.69) is 20.5 Å². The lowest BCUT2D eigenvalue weighted by Crippen LogP contribution is -2.27. The molecule has 2 heterocycles. The molecule has 1 amide bonds.